The average Bonchev–Trinajstić information content (AvgIpc) is 2.32. The van der Waals surface area contributed by atoms with Gasteiger partial charge in [-0.1, -0.05) is 17.7 Å². The Kier molecular flexibility index (Phi) is 5.88. The highest BCUT2D eigenvalue weighted by Gasteiger charge is 1.98. The molecule has 0 heterocycles. The lowest BCUT2D eigenvalue weighted by atomic mass is 10.2. The lowest BCUT2D eigenvalue weighted by molar-refractivity contribution is 0.222. The molecule has 0 atom stereocenters. The number of ether oxygens (including phenoxy) is 1. The zero-order chi connectivity index (χ0) is 12.5. The molecule has 0 aromatic heterocycles. The minimum atomic E-state index is -0.300. The van der Waals surface area contributed by atoms with Gasteiger partial charge in [0, 0.05) is 13.2 Å². The molecule has 1 aromatic rings. The van der Waals surface area contributed by atoms with Gasteiger partial charge < -0.3 is 20.5 Å². The average molecular weight is 238 g/mol. The highest BCUT2D eigenvalue weighted by atomic mass is 16.5. The van der Waals surface area contributed by atoms with Crippen molar-refractivity contribution in [2.24, 2.45) is 0 Å². The maximum absolute atomic E-state index is 11.2. The second-order valence-electron chi connectivity index (χ2n) is 3.61. The van der Waals surface area contributed by atoms with Crippen LogP contribution in [0.2, 0.25) is 0 Å². The molecule has 3 N–H and O–H groups in total. The Morgan fingerprint density at radius 3 is 2.65 bits per heavy atom. The van der Waals surface area contributed by atoms with Crippen LogP contribution < -0.4 is 15.4 Å². The SMILES string of the molecule is Cc1ccc(OCNC(=O)NCCCO)cc1. The van der Waals surface area contributed by atoms with Crippen molar-refractivity contribution in [1.82, 2.24) is 10.6 Å². The van der Waals surface area contributed by atoms with Crippen LogP contribution in [0.3, 0.4) is 0 Å². The van der Waals surface area contributed by atoms with Gasteiger partial charge in [0.15, 0.2) is 6.73 Å². The third-order valence-electron chi connectivity index (χ3n) is 2.11. The lowest BCUT2D eigenvalue weighted by Crippen LogP contribution is -2.38. The van der Waals surface area contributed by atoms with Crippen LogP contribution in [0.1, 0.15) is 12.0 Å². The van der Waals surface area contributed by atoms with Gasteiger partial charge in [0.05, 0.1) is 0 Å². The molecule has 17 heavy (non-hydrogen) atoms. The number of hydrogen-bond acceptors (Lipinski definition) is 3. The summed E-state index contributed by atoms with van der Waals surface area (Å²) in [6.07, 6.45) is 0.548. The number of urea groups is 1. The summed E-state index contributed by atoms with van der Waals surface area (Å²) in [7, 11) is 0. The molecule has 0 saturated heterocycles. The summed E-state index contributed by atoms with van der Waals surface area (Å²) in [6, 6.07) is 7.28. The van der Waals surface area contributed by atoms with Crippen LogP contribution in [0, 0.1) is 6.92 Å². The van der Waals surface area contributed by atoms with Gasteiger partial charge in [-0.2, -0.15) is 0 Å². The molecule has 0 aliphatic carbocycles. The van der Waals surface area contributed by atoms with E-state index in [0.29, 0.717) is 18.7 Å². The quantitative estimate of drug-likeness (QED) is 0.511. The second kappa shape index (κ2) is 7.51. The summed E-state index contributed by atoms with van der Waals surface area (Å²) in [5.74, 6) is 0.714. The molecular formula is C12H18N2O3. The van der Waals surface area contributed by atoms with E-state index < -0.39 is 0 Å². The number of rotatable bonds is 6. The van der Waals surface area contributed by atoms with Crippen LogP contribution in [0.5, 0.6) is 5.75 Å². The molecule has 0 fully saturated rings. The van der Waals surface area contributed by atoms with E-state index in [1.807, 2.05) is 31.2 Å². The molecule has 0 saturated carbocycles. The molecule has 94 valence electrons. The van der Waals surface area contributed by atoms with Crippen molar-refractivity contribution in [3.8, 4) is 5.75 Å². The molecule has 5 heteroatoms. The number of aliphatic hydroxyl groups excluding tert-OH is 1. The largest absolute Gasteiger partial charge is 0.473 e. The van der Waals surface area contributed by atoms with E-state index in [0.717, 1.165) is 5.56 Å². The molecule has 1 rings (SSSR count). The van der Waals surface area contributed by atoms with E-state index in [1.165, 1.54) is 0 Å². The molecule has 0 radical (unpaired) electrons. The molecular weight excluding hydrogens is 220 g/mol. The lowest BCUT2D eigenvalue weighted by Gasteiger charge is -2.09. The number of nitrogens with one attached hydrogen (secondary N) is 2. The van der Waals surface area contributed by atoms with Gasteiger partial charge in [0.2, 0.25) is 0 Å². The Balaban J connectivity index is 2.14. The highest BCUT2D eigenvalue weighted by molar-refractivity contribution is 5.73. The molecule has 1 aromatic carbocycles. The predicted molar refractivity (Wildman–Crippen MR) is 64.9 cm³/mol. The summed E-state index contributed by atoms with van der Waals surface area (Å²) in [4.78, 5) is 11.2. The topological polar surface area (TPSA) is 70.6 Å². The van der Waals surface area contributed by atoms with Gasteiger partial charge in [0.1, 0.15) is 5.75 Å². The highest BCUT2D eigenvalue weighted by Crippen LogP contribution is 2.10. The standard InChI is InChI=1S/C12H18N2O3/c1-10-3-5-11(6-4-10)17-9-14-12(16)13-7-2-8-15/h3-6,15H,2,7-9H2,1H3,(H2,13,14,16). The van der Waals surface area contributed by atoms with Crippen molar-refractivity contribution in [2.45, 2.75) is 13.3 Å². The van der Waals surface area contributed by atoms with Crippen molar-refractivity contribution in [2.75, 3.05) is 19.9 Å². The second-order valence-corrected chi connectivity index (χ2v) is 3.61. The fourth-order valence-electron chi connectivity index (χ4n) is 1.16. The van der Waals surface area contributed by atoms with Crippen molar-refractivity contribution in [3.05, 3.63) is 29.8 Å². The summed E-state index contributed by atoms with van der Waals surface area (Å²) in [5.41, 5.74) is 1.16. The van der Waals surface area contributed by atoms with Gasteiger partial charge in [-0.25, -0.2) is 4.79 Å². The zero-order valence-corrected chi connectivity index (χ0v) is 9.90. The van der Waals surface area contributed by atoms with Gasteiger partial charge in [0.25, 0.3) is 0 Å². The Morgan fingerprint density at radius 1 is 1.29 bits per heavy atom. The number of carbonyl (C=O) groups excluding carboxylic acids is 1. The maximum atomic E-state index is 11.2. The Hall–Kier alpha value is -1.75. The van der Waals surface area contributed by atoms with Gasteiger partial charge in [-0.3, -0.25) is 0 Å². The van der Waals surface area contributed by atoms with Crippen LogP contribution in [0.15, 0.2) is 24.3 Å². The van der Waals surface area contributed by atoms with Gasteiger partial charge in [-0.15, -0.1) is 0 Å². The van der Waals surface area contributed by atoms with Gasteiger partial charge in [-0.05, 0) is 25.5 Å². The van der Waals surface area contributed by atoms with E-state index in [2.05, 4.69) is 10.6 Å². The summed E-state index contributed by atoms with van der Waals surface area (Å²) in [6.45, 7) is 2.64. The van der Waals surface area contributed by atoms with Crippen molar-refractivity contribution in [3.63, 3.8) is 0 Å². The van der Waals surface area contributed by atoms with E-state index in [1.54, 1.807) is 0 Å². The van der Waals surface area contributed by atoms with Crippen molar-refractivity contribution in [1.29, 1.82) is 0 Å². The molecule has 0 spiro atoms. The fourth-order valence-corrected chi connectivity index (χ4v) is 1.16. The maximum Gasteiger partial charge on any atom is 0.317 e. The number of aliphatic hydroxyl groups is 1. The van der Waals surface area contributed by atoms with Crippen LogP contribution in [-0.4, -0.2) is 31.0 Å². The predicted octanol–water partition coefficient (Wildman–Crippen LogP) is 1.01. The molecule has 2 amide bonds. The molecule has 0 bridgehead atoms. The van der Waals surface area contributed by atoms with E-state index >= 15 is 0 Å². The first-order valence-electron chi connectivity index (χ1n) is 5.54. The number of carbonyl (C=O) groups is 1. The first-order chi connectivity index (χ1) is 8.22. The third-order valence-corrected chi connectivity index (χ3v) is 2.11. The van der Waals surface area contributed by atoms with E-state index in [-0.39, 0.29) is 19.4 Å². The summed E-state index contributed by atoms with van der Waals surface area (Å²) < 4.78 is 5.32. The van der Waals surface area contributed by atoms with Crippen molar-refractivity contribution >= 4 is 6.03 Å². The normalized spacial score (nSPS) is 9.76. The number of amides is 2. The molecule has 0 aliphatic heterocycles. The summed E-state index contributed by atoms with van der Waals surface area (Å²) >= 11 is 0. The Labute approximate surface area is 101 Å². The molecule has 5 nitrogen and oxygen atoms in total. The van der Waals surface area contributed by atoms with Crippen LogP contribution in [0.25, 0.3) is 0 Å². The first-order valence-corrected chi connectivity index (χ1v) is 5.54. The monoisotopic (exact) mass is 238 g/mol. The van der Waals surface area contributed by atoms with Crippen LogP contribution in [0.4, 0.5) is 4.79 Å². The van der Waals surface area contributed by atoms with Crippen molar-refractivity contribution < 1.29 is 14.6 Å². The first kappa shape index (κ1) is 13.3. The van der Waals surface area contributed by atoms with E-state index in [4.69, 9.17) is 9.84 Å². The summed E-state index contributed by atoms with van der Waals surface area (Å²) in [5, 5.41) is 13.7. The third kappa shape index (κ3) is 5.77. The van der Waals surface area contributed by atoms with Gasteiger partial charge >= 0.3 is 6.03 Å². The number of benzene rings is 1. The van der Waals surface area contributed by atoms with Crippen LogP contribution >= 0.6 is 0 Å². The van der Waals surface area contributed by atoms with E-state index in [9.17, 15) is 4.79 Å². The fraction of sp³-hybridized carbons (Fsp3) is 0.417. The minimum Gasteiger partial charge on any atom is -0.473 e. The minimum absolute atomic E-state index is 0.0696. The Morgan fingerprint density at radius 2 is 2.00 bits per heavy atom. The van der Waals surface area contributed by atoms with Crippen LogP contribution in [-0.2, 0) is 0 Å². The smallest absolute Gasteiger partial charge is 0.317 e. The molecule has 0 aliphatic rings. The number of aryl methyl sites for hydroxylation is 1. The Bertz CT molecular complexity index is 338. The number of hydrogen-bond donors (Lipinski definition) is 3. The molecule has 0 unspecified atom stereocenters. The zero-order valence-electron chi connectivity index (χ0n) is 9.90.